The summed E-state index contributed by atoms with van der Waals surface area (Å²) in [7, 11) is -2.99. The molecule has 1 aliphatic rings. The third-order valence-electron chi connectivity index (χ3n) is 3.27. The summed E-state index contributed by atoms with van der Waals surface area (Å²) in [4.78, 5) is 10.7. The van der Waals surface area contributed by atoms with Crippen molar-refractivity contribution in [2.24, 2.45) is 0 Å². The molecule has 6 nitrogen and oxygen atoms in total. The fourth-order valence-electron chi connectivity index (χ4n) is 2.36. The highest BCUT2D eigenvalue weighted by atomic mass is 32.2. The first-order valence-electron chi connectivity index (χ1n) is 5.84. The molecule has 0 radical (unpaired) electrons. The summed E-state index contributed by atoms with van der Waals surface area (Å²) >= 11 is 0. The first-order chi connectivity index (χ1) is 8.39. The lowest BCUT2D eigenvalue weighted by Crippen LogP contribution is -2.28. The molecule has 0 aromatic carbocycles. The van der Waals surface area contributed by atoms with Gasteiger partial charge < -0.3 is 5.11 Å². The molecular formula is C11H16N2O4S. The van der Waals surface area contributed by atoms with Crippen LogP contribution in [0.5, 0.6) is 0 Å². The molecule has 1 fully saturated rings. The second-order valence-corrected chi connectivity index (χ2v) is 6.91. The summed E-state index contributed by atoms with van der Waals surface area (Å²) in [6, 6.07) is -0.161. The molecule has 0 saturated carbocycles. The van der Waals surface area contributed by atoms with Crippen molar-refractivity contribution in [1.82, 2.24) is 9.78 Å². The molecule has 18 heavy (non-hydrogen) atoms. The van der Waals surface area contributed by atoms with Crippen LogP contribution in [-0.2, 0) is 21.1 Å². The lowest BCUT2D eigenvalue weighted by molar-refractivity contribution is -0.136. The van der Waals surface area contributed by atoms with Crippen molar-refractivity contribution in [2.75, 3.05) is 11.5 Å². The van der Waals surface area contributed by atoms with Gasteiger partial charge in [0, 0.05) is 11.3 Å². The minimum absolute atomic E-state index is 0.0781. The van der Waals surface area contributed by atoms with Crippen LogP contribution in [0.25, 0.3) is 0 Å². The normalized spacial score (nSPS) is 22.8. The van der Waals surface area contributed by atoms with Crippen molar-refractivity contribution in [1.29, 1.82) is 0 Å². The van der Waals surface area contributed by atoms with Crippen molar-refractivity contribution >= 4 is 15.8 Å². The Bertz CT molecular complexity index is 562. The SMILES string of the molecule is Cc1c(CC(=O)O)cnn1C1CCCS(=O)(=O)C1. The van der Waals surface area contributed by atoms with Gasteiger partial charge in [-0.2, -0.15) is 5.10 Å². The van der Waals surface area contributed by atoms with E-state index in [1.165, 1.54) is 6.20 Å². The van der Waals surface area contributed by atoms with Crippen LogP contribution in [0.2, 0.25) is 0 Å². The van der Waals surface area contributed by atoms with Crippen LogP contribution in [0.4, 0.5) is 0 Å². The van der Waals surface area contributed by atoms with Gasteiger partial charge in [-0.25, -0.2) is 8.42 Å². The standard InChI is InChI=1S/C11H16N2O4S/c1-8-9(5-11(14)15)6-12-13(8)10-3-2-4-18(16,17)7-10/h6,10H,2-5,7H2,1H3,(H,14,15). The first-order valence-corrected chi connectivity index (χ1v) is 7.66. The van der Waals surface area contributed by atoms with Crippen molar-refractivity contribution in [3.63, 3.8) is 0 Å². The van der Waals surface area contributed by atoms with Crippen molar-refractivity contribution in [2.45, 2.75) is 32.2 Å². The van der Waals surface area contributed by atoms with E-state index in [0.29, 0.717) is 12.0 Å². The van der Waals surface area contributed by atoms with Crippen molar-refractivity contribution in [3.05, 3.63) is 17.5 Å². The fraction of sp³-hybridized carbons (Fsp3) is 0.636. The maximum absolute atomic E-state index is 11.6. The Hall–Kier alpha value is -1.37. The van der Waals surface area contributed by atoms with E-state index in [-0.39, 0.29) is 24.0 Å². The van der Waals surface area contributed by atoms with Gasteiger partial charge in [-0.15, -0.1) is 0 Å². The van der Waals surface area contributed by atoms with Crippen LogP contribution in [0.3, 0.4) is 0 Å². The Morgan fingerprint density at radius 1 is 1.61 bits per heavy atom. The van der Waals surface area contributed by atoms with Gasteiger partial charge in [0.2, 0.25) is 0 Å². The summed E-state index contributed by atoms with van der Waals surface area (Å²) in [5.74, 6) is -0.567. The number of aromatic nitrogens is 2. The van der Waals surface area contributed by atoms with Crippen molar-refractivity contribution < 1.29 is 18.3 Å². The summed E-state index contributed by atoms with van der Waals surface area (Å²) in [5, 5.41) is 12.9. The minimum atomic E-state index is -2.99. The maximum atomic E-state index is 11.6. The number of nitrogens with zero attached hydrogens (tertiary/aromatic N) is 2. The molecule has 0 spiro atoms. The van der Waals surface area contributed by atoms with Gasteiger partial charge in [-0.3, -0.25) is 9.48 Å². The number of aliphatic carboxylic acids is 1. The molecule has 1 aromatic heterocycles. The average molecular weight is 272 g/mol. The van der Waals surface area contributed by atoms with E-state index in [1.807, 2.05) is 0 Å². The smallest absolute Gasteiger partial charge is 0.307 e. The highest BCUT2D eigenvalue weighted by Gasteiger charge is 2.27. The first kappa shape index (κ1) is 13.1. The summed E-state index contributed by atoms with van der Waals surface area (Å²) in [6.07, 6.45) is 2.85. The third-order valence-corrected chi connectivity index (χ3v) is 5.08. The number of sulfone groups is 1. The lowest BCUT2D eigenvalue weighted by atomic mass is 10.1. The topological polar surface area (TPSA) is 89.3 Å². The van der Waals surface area contributed by atoms with E-state index in [2.05, 4.69) is 5.10 Å². The molecule has 1 unspecified atom stereocenters. The molecule has 100 valence electrons. The molecule has 2 heterocycles. The molecule has 1 saturated heterocycles. The Kier molecular flexibility index (Phi) is 3.43. The van der Waals surface area contributed by atoms with Crippen LogP contribution in [0, 0.1) is 6.92 Å². The van der Waals surface area contributed by atoms with E-state index in [1.54, 1.807) is 11.6 Å². The van der Waals surface area contributed by atoms with Gasteiger partial charge in [0.15, 0.2) is 9.84 Å². The van der Waals surface area contributed by atoms with Crippen LogP contribution < -0.4 is 0 Å². The molecule has 1 aliphatic heterocycles. The summed E-state index contributed by atoms with van der Waals surface area (Å²) in [5.41, 5.74) is 1.39. The Balaban J connectivity index is 2.23. The number of carbonyl (C=O) groups is 1. The second-order valence-electron chi connectivity index (χ2n) is 4.68. The zero-order valence-electron chi connectivity index (χ0n) is 10.2. The number of hydrogen-bond acceptors (Lipinski definition) is 4. The molecule has 7 heteroatoms. The Morgan fingerprint density at radius 2 is 2.33 bits per heavy atom. The van der Waals surface area contributed by atoms with Gasteiger partial charge in [0.05, 0.1) is 30.2 Å². The number of rotatable bonds is 3. The fourth-order valence-corrected chi connectivity index (χ4v) is 4.02. The maximum Gasteiger partial charge on any atom is 0.307 e. The number of carboxylic acid groups (broad SMARTS) is 1. The molecule has 0 bridgehead atoms. The molecule has 2 rings (SSSR count). The van der Waals surface area contributed by atoms with E-state index in [0.717, 1.165) is 12.1 Å². The van der Waals surface area contributed by atoms with Gasteiger partial charge in [-0.05, 0) is 19.8 Å². The van der Waals surface area contributed by atoms with E-state index >= 15 is 0 Å². The van der Waals surface area contributed by atoms with Gasteiger partial charge in [0.1, 0.15) is 0 Å². The van der Waals surface area contributed by atoms with Gasteiger partial charge in [-0.1, -0.05) is 0 Å². The molecular weight excluding hydrogens is 256 g/mol. The monoisotopic (exact) mass is 272 g/mol. The quantitative estimate of drug-likeness (QED) is 0.868. The van der Waals surface area contributed by atoms with Gasteiger partial charge >= 0.3 is 5.97 Å². The van der Waals surface area contributed by atoms with Crippen LogP contribution >= 0.6 is 0 Å². The predicted molar refractivity (Wildman–Crippen MR) is 65.2 cm³/mol. The van der Waals surface area contributed by atoms with Crippen LogP contribution in [0.1, 0.15) is 30.1 Å². The molecule has 0 amide bonds. The third kappa shape index (κ3) is 2.72. The Morgan fingerprint density at radius 3 is 2.94 bits per heavy atom. The minimum Gasteiger partial charge on any atom is -0.481 e. The zero-order valence-corrected chi connectivity index (χ0v) is 11.0. The van der Waals surface area contributed by atoms with Crippen LogP contribution in [-0.4, -0.2) is 40.8 Å². The highest BCUT2D eigenvalue weighted by Crippen LogP contribution is 2.25. The van der Waals surface area contributed by atoms with E-state index < -0.39 is 15.8 Å². The lowest BCUT2D eigenvalue weighted by Gasteiger charge is -2.23. The second kappa shape index (κ2) is 4.72. The predicted octanol–water partition coefficient (Wildman–Crippen LogP) is 0.568. The number of carboxylic acids is 1. The molecule has 1 N–H and O–H groups in total. The summed E-state index contributed by atoms with van der Waals surface area (Å²) < 4.78 is 24.9. The highest BCUT2D eigenvalue weighted by molar-refractivity contribution is 7.91. The number of hydrogen-bond donors (Lipinski definition) is 1. The van der Waals surface area contributed by atoms with E-state index in [4.69, 9.17) is 5.11 Å². The summed E-state index contributed by atoms with van der Waals surface area (Å²) in [6.45, 7) is 1.78. The molecule has 1 atom stereocenters. The molecule has 1 aromatic rings. The van der Waals surface area contributed by atoms with Crippen LogP contribution in [0.15, 0.2) is 6.20 Å². The molecule has 0 aliphatic carbocycles. The van der Waals surface area contributed by atoms with Gasteiger partial charge in [0.25, 0.3) is 0 Å². The zero-order chi connectivity index (χ0) is 13.3. The average Bonchev–Trinajstić information content (AvgIpc) is 2.58. The largest absolute Gasteiger partial charge is 0.481 e. The van der Waals surface area contributed by atoms with Crippen molar-refractivity contribution in [3.8, 4) is 0 Å². The Labute approximate surface area is 106 Å². The van der Waals surface area contributed by atoms with E-state index in [9.17, 15) is 13.2 Å².